The molecule has 0 aliphatic carbocycles. The molecule has 0 radical (unpaired) electrons. The topological polar surface area (TPSA) is 55.8 Å². The molecule has 0 N–H and O–H groups in total. The lowest BCUT2D eigenvalue weighted by atomic mass is 9.92. The summed E-state index contributed by atoms with van der Waals surface area (Å²) in [6.07, 6.45) is 5.66. The number of piperidine rings is 1. The Bertz CT molecular complexity index is 680. The number of benzene rings is 1. The summed E-state index contributed by atoms with van der Waals surface area (Å²) in [6.45, 7) is 11.9. The van der Waals surface area contributed by atoms with Gasteiger partial charge < -0.3 is 14.4 Å². The molecule has 1 heterocycles. The third-order valence-corrected chi connectivity index (χ3v) is 6.23. The SMILES string of the molecule is Cc1cc(OCCCC2CCN(C(=O)OC(C)(C)C)CC2)cc(C)c1S(C)=O. The lowest BCUT2D eigenvalue weighted by Gasteiger charge is -2.33. The number of rotatable bonds is 6. The first-order valence-electron chi connectivity index (χ1n) is 10.1. The number of carbonyl (C=O) groups is 1. The minimum atomic E-state index is -0.976. The van der Waals surface area contributed by atoms with Gasteiger partial charge in [-0.2, -0.15) is 0 Å². The summed E-state index contributed by atoms with van der Waals surface area (Å²) in [5, 5.41) is 0. The van der Waals surface area contributed by atoms with Crippen LogP contribution in [0.25, 0.3) is 0 Å². The van der Waals surface area contributed by atoms with Crippen molar-refractivity contribution in [3.05, 3.63) is 23.3 Å². The van der Waals surface area contributed by atoms with Gasteiger partial charge in [-0.25, -0.2) is 4.79 Å². The monoisotopic (exact) mass is 409 g/mol. The molecule has 0 spiro atoms. The van der Waals surface area contributed by atoms with Crippen molar-refractivity contribution in [3.63, 3.8) is 0 Å². The molecular formula is C22H35NO4S. The second-order valence-electron chi connectivity index (χ2n) is 8.74. The number of ether oxygens (including phenoxy) is 2. The van der Waals surface area contributed by atoms with Crippen LogP contribution in [0.5, 0.6) is 5.75 Å². The van der Waals surface area contributed by atoms with Crippen LogP contribution in [0.4, 0.5) is 4.79 Å². The van der Waals surface area contributed by atoms with Gasteiger partial charge in [0.15, 0.2) is 0 Å². The molecule has 5 nitrogen and oxygen atoms in total. The van der Waals surface area contributed by atoms with Crippen LogP contribution >= 0.6 is 0 Å². The van der Waals surface area contributed by atoms with Crippen molar-refractivity contribution >= 4 is 16.9 Å². The van der Waals surface area contributed by atoms with E-state index in [0.717, 1.165) is 60.5 Å². The van der Waals surface area contributed by atoms with Gasteiger partial charge in [-0.3, -0.25) is 4.21 Å². The molecule has 0 saturated carbocycles. The highest BCUT2D eigenvalue weighted by Crippen LogP contribution is 2.26. The summed E-state index contributed by atoms with van der Waals surface area (Å²) in [5.41, 5.74) is 1.60. The van der Waals surface area contributed by atoms with Crippen LogP contribution in [0.1, 0.15) is 57.6 Å². The van der Waals surface area contributed by atoms with Crippen LogP contribution in [0.15, 0.2) is 17.0 Å². The second kappa shape index (κ2) is 9.77. The van der Waals surface area contributed by atoms with E-state index in [1.807, 2.05) is 51.7 Å². The first kappa shape index (κ1) is 22.7. The molecule has 0 aromatic heterocycles. The van der Waals surface area contributed by atoms with E-state index in [9.17, 15) is 9.00 Å². The molecule has 1 aromatic rings. The minimum Gasteiger partial charge on any atom is -0.494 e. The van der Waals surface area contributed by atoms with Crippen molar-refractivity contribution < 1.29 is 18.5 Å². The smallest absolute Gasteiger partial charge is 0.410 e. The molecule has 1 unspecified atom stereocenters. The molecular weight excluding hydrogens is 374 g/mol. The van der Waals surface area contributed by atoms with Crippen molar-refractivity contribution in [2.24, 2.45) is 5.92 Å². The fourth-order valence-electron chi connectivity index (χ4n) is 3.74. The number of likely N-dealkylation sites (tertiary alicyclic amines) is 1. The van der Waals surface area contributed by atoms with Gasteiger partial charge in [0, 0.05) is 24.2 Å². The van der Waals surface area contributed by atoms with Gasteiger partial charge in [0.2, 0.25) is 0 Å². The van der Waals surface area contributed by atoms with E-state index in [1.54, 1.807) is 6.26 Å². The largest absolute Gasteiger partial charge is 0.494 e. The Hall–Kier alpha value is -1.56. The maximum Gasteiger partial charge on any atom is 0.410 e. The predicted octanol–water partition coefficient (Wildman–Crippen LogP) is 4.85. The van der Waals surface area contributed by atoms with Crippen molar-refractivity contribution in [1.82, 2.24) is 4.90 Å². The number of aryl methyl sites for hydroxylation is 2. The lowest BCUT2D eigenvalue weighted by molar-refractivity contribution is 0.0179. The lowest BCUT2D eigenvalue weighted by Crippen LogP contribution is -2.41. The fraction of sp³-hybridized carbons (Fsp3) is 0.682. The molecule has 1 aromatic carbocycles. The molecule has 28 heavy (non-hydrogen) atoms. The Balaban J connectivity index is 1.71. The zero-order chi connectivity index (χ0) is 20.9. The van der Waals surface area contributed by atoms with E-state index in [0.29, 0.717) is 12.5 Å². The molecule has 1 fully saturated rings. The summed E-state index contributed by atoms with van der Waals surface area (Å²) in [5.74, 6) is 1.49. The van der Waals surface area contributed by atoms with E-state index in [2.05, 4.69) is 0 Å². The molecule has 1 saturated heterocycles. The Morgan fingerprint density at radius 1 is 1.18 bits per heavy atom. The summed E-state index contributed by atoms with van der Waals surface area (Å²) in [7, 11) is -0.976. The summed E-state index contributed by atoms with van der Waals surface area (Å²) in [6, 6.07) is 3.95. The quantitative estimate of drug-likeness (QED) is 0.631. The van der Waals surface area contributed by atoms with Crippen LogP contribution in [0.2, 0.25) is 0 Å². The first-order valence-corrected chi connectivity index (χ1v) is 11.7. The maximum absolute atomic E-state index is 12.1. The van der Waals surface area contributed by atoms with E-state index < -0.39 is 16.4 Å². The minimum absolute atomic E-state index is 0.198. The standard InChI is InChI=1S/C22H35NO4S/c1-16-14-19(15-17(2)20(16)28(6)25)26-13-7-8-18-9-11-23(12-10-18)21(24)27-22(3,4)5/h14-15,18H,7-13H2,1-6H3. The van der Waals surface area contributed by atoms with Crippen LogP contribution in [0.3, 0.4) is 0 Å². The average molecular weight is 410 g/mol. The zero-order valence-corrected chi connectivity index (χ0v) is 19.0. The van der Waals surface area contributed by atoms with Gasteiger partial charge in [0.25, 0.3) is 0 Å². The van der Waals surface area contributed by atoms with Gasteiger partial charge in [0.1, 0.15) is 11.4 Å². The maximum atomic E-state index is 12.1. The number of carbonyl (C=O) groups excluding carboxylic acids is 1. The molecule has 6 heteroatoms. The van der Waals surface area contributed by atoms with Crippen LogP contribution in [-0.2, 0) is 15.5 Å². The van der Waals surface area contributed by atoms with E-state index in [4.69, 9.17) is 9.47 Å². The normalized spacial score (nSPS) is 16.7. The van der Waals surface area contributed by atoms with Gasteiger partial charge in [0.05, 0.1) is 17.4 Å². The number of hydrogen-bond acceptors (Lipinski definition) is 4. The van der Waals surface area contributed by atoms with Crippen LogP contribution < -0.4 is 4.74 Å². The van der Waals surface area contributed by atoms with Crippen molar-refractivity contribution in [1.29, 1.82) is 0 Å². The molecule has 1 aliphatic rings. The number of nitrogens with zero attached hydrogens (tertiary/aromatic N) is 1. The van der Waals surface area contributed by atoms with Crippen LogP contribution in [-0.4, -0.2) is 46.8 Å². The van der Waals surface area contributed by atoms with E-state index in [1.165, 1.54) is 0 Å². The molecule has 2 rings (SSSR count). The number of hydrogen-bond donors (Lipinski definition) is 0. The molecule has 1 atom stereocenters. The zero-order valence-electron chi connectivity index (χ0n) is 18.2. The van der Waals surface area contributed by atoms with Crippen molar-refractivity contribution in [2.45, 2.75) is 70.8 Å². The fourth-order valence-corrected chi connectivity index (χ4v) is 4.76. The third-order valence-electron chi connectivity index (χ3n) is 5.01. The highest BCUT2D eigenvalue weighted by Gasteiger charge is 2.26. The molecule has 0 bridgehead atoms. The van der Waals surface area contributed by atoms with Crippen molar-refractivity contribution in [3.8, 4) is 5.75 Å². The summed E-state index contributed by atoms with van der Waals surface area (Å²) in [4.78, 5) is 14.9. The highest BCUT2D eigenvalue weighted by molar-refractivity contribution is 7.84. The molecule has 1 aliphatic heterocycles. The van der Waals surface area contributed by atoms with Gasteiger partial charge in [-0.05, 0) is 89.5 Å². The second-order valence-corrected chi connectivity index (χ2v) is 10.1. The highest BCUT2D eigenvalue weighted by atomic mass is 32.2. The molecule has 158 valence electrons. The predicted molar refractivity (Wildman–Crippen MR) is 114 cm³/mol. The average Bonchev–Trinajstić information content (AvgIpc) is 2.57. The van der Waals surface area contributed by atoms with Gasteiger partial charge >= 0.3 is 6.09 Å². The summed E-state index contributed by atoms with van der Waals surface area (Å²) < 4.78 is 23.2. The van der Waals surface area contributed by atoms with Crippen molar-refractivity contribution in [2.75, 3.05) is 26.0 Å². The van der Waals surface area contributed by atoms with Gasteiger partial charge in [-0.15, -0.1) is 0 Å². The first-order chi connectivity index (χ1) is 13.1. The number of amides is 1. The Labute approximate surface area is 172 Å². The summed E-state index contributed by atoms with van der Waals surface area (Å²) >= 11 is 0. The van der Waals surface area contributed by atoms with E-state index in [-0.39, 0.29) is 6.09 Å². The molecule has 1 amide bonds. The Morgan fingerprint density at radius 3 is 2.25 bits per heavy atom. The van der Waals surface area contributed by atoms with Crippen LogP contribution in [0, 0.1) is 19.8 Å². The third kappa shape index (κ3) is 6.80. The Morgan fingerprint density at radius 2 is 1.75 bits per heavy atom. The van der Waals surface area contributed by atoms with E-state index >= 15 is 0 Å². The Kier molecular flexibility index (Phi) is 7.93. The van der Waals surface area contributed by atoms with Gasteiger partial charge in [-0.1, -0.05) is 0 Å².